The van der Waals surface area contributed by atoms with Crippen LogP contribution < -0.4 is 0 Å². The van der Waals surface area contributed by atoms with Gasteiger partial charge in [0.25, 0.3) is 0 Å². The number of carbonyl (C=O) groups excluding carboxylic acids is 1. The molecular formula is C12H14N4O2S. The van der Waals surface area contributed by atoms with E-state index in [1.165, 1.54) is 34.7 Å². The average Bonchev–Trinajstić information content (AvgIpc) is 2.83. The van der Waals surface area contributed by atoms with Gasteiger partial charge in [-0.25, -0.2) is 4.68 Å². The highest BCUT2D eigenvalue weighted by atomic mass is 32.2. The van der Waals surface area contributed by atoms with Gasteiger partial charge in [-0.2, -0.15) is 0 Å². The molecule has 0 amide bonds. The fourth-order valence-electron chi connectivity index (χ4n) is 1.54. The first kappa shape index (κ1) is 13.5. The predicted octanol–water partition coefficient (Wildman–Crippen LogP) is 1.45. The lowest BCUT2D eigenvalue weighted by Gasteiger charge is -2.03. The van der Waals surface area contributed by atoms with E-state index in [4.69, 9.17) is 0 Å². The monoisotopic (exact) mass is 278 g/mol. The molecule has 0 spiro atoms. The van der Waals surface area contributed by atoms with Crippen LogP contribution in [0.1, 0.15) is 11.1 Å². The van der Waals surface area contributed by atoms with Crippen molar-refractivity contribution < 1.29 is 9.53 Å². The molecule has 0 aliphatic heterocycles. The quantitative estimate of drug-likeness (QED) is 0.609. The summed E-state index contributed by atoms with van der Waals surface area (Å²) in [5.41, 5.74) is 2.41. The molecule has 100 valence electrons. The van der Waals surface area contributed by atoms with Gasteiger partial charge in [0.1, 0.15) is 6.54 Å². The van der Waals surface area contributed by atoms with Crippen molar-refractivity contribution in [1.29, 1.82) is 0 Å². The maximum atomic E-state index is 11.2. The lowest BCUT2D eigenvalue weighted by atomic mass is 10.2. The van der Waals surface area contributed by atoms with E-state index in [1.54, 1.807) is 0 Å². The van der Waals surface area contributed by atoms with Crippen molar-refractivity contribution in [3.8, 4) is 0 Å². The molecule has 0 bridgehead atoms. The number of ether oxygens (including phenoxy) is 1. The van der Waals surface area contributed by atoms with E-state index >= 15 is 0 Å². The maximum Gasteiger partial charge on any atom is 0.327 e. The molecule has 1 aromatic heterocycles. The van der Waals surface area contributed by atoms with Crippen LogP contribution in [-0.4, -0.2) is 33.3 Å². The van der Waals surface area contributed by atoms with E-state index in [9.17, 15) is 4.79 Å². The number of thioether (sulfide) groups is 1. The first-order chi connectivity index (χ1) is 9.19. The summed E-state index contributed by atoms with van der Waals surface area (Å²) in [6.07, 6.45) is 0. The second kappa shape index (κ2) is 6.33. The number of tetrazole rings is 1. The molecule has 0 atom stereocenters. The average molecular weight is 278 g/mol. The molecule has 0 aliphatic carbocycles. The lowest BCUT2D eigenvalue weighted by molar-refractivity contribution is -0.141. The number of nitrogens with zero attached hydrogens (tertiary/aromatic N) is 4. The van der Waals surface area contributed by atoms with Gasteiger partial charge in [0.2, 0.25) is 5.16 Å². The highest BCUT2D eigenvalue weighted by Gasteiger charge is 2.11. The van der Waals surface area contributed by atoms with Crippen LogP contribution in [0.15, 0.2) is 29.4 Å². The third-order valence-corrected chi connectivity index (χ3v) is 3.48. The van der Waals surface area contributed by atoms with Crippen molar-refractivity contribution in [2.24, 2.45) is 0 Å². The number of rotatable bonds is 5. The zero-order valence-corrected chi connectivity index (χ0v) is 11.6. The summed E-state index contributed by atoms with van der Waals surface area (Å²) in [5, 5.41) is 11.8. The summed E-state index contributed by atoms with van der Waals surface area (Å²) in [7, 11) is 1.34. The Kier molecular flexibility index (Phi) is 4.51. The molecule has 1 heterocycles. The molecule has 0 aliphatic rings. The predicted molar refractivity (Wildman–Crippen MR) is 70.6 cm³/mol. The summed E-state index contributed by atoms with van der Waals surface area (Å²) in [6, 6.07) is 8.23. The molecular weight excluding hydrogens is 264 g/mol. The van der Waals surface area contributed by atoms with E-state index in [2.05, 4.69) is 45.4 Å². The number of methoxy groups -OCH3 is 1. The third kappa shape index (κ3) is 3.78. The molecule has 7 heteroatoms. The summed E-state index contributed by atoms with van der Waals surface area (Å²) >= 11 is 1.49. The molecule has 0 fully saturated rings. The zero-order chi connectivity index (χ0) is 13.7. The topological polar surface area (TPSA) is 69.9 Å². The van der Waals surface area contributed by atoms with Gasteiger partial charge in [0.15, 0.2) is 0 Å². The van der Waals surface area contributed by atoms with Crippen LogP contribution in [0.4, 0.5) is 0 Å². The van der Waals surface area contributed by atoms with E-state index < -0.39 is 0 Å². The summed E-state index contributed by atoms with van der Waals surface area (Å²) < 4.78 is 6.03. The smallest absolute Gasteiger partial charge is 0.327 e. The molecule has 0 unspecified atom stereocenters. The van der Waals surface area contributed by atoms with Crippen LogP contribution in [-0.2, 0) is 21.8 Å². The van der Waals surface area contributed by atoms with Gasteiger partial charge in [-0.05, 0) is 22.9 Å². The first-order valence-electron chi connectivity index (χ1n) is 5.70. The second-order valence-electron chi connectivity index (χ2n) is 3.97. The second-order valence-corrected chi connectivity index (χ2v) is 4.92. The number of hydrogen-bond donors (Lipinski definition) is 0. The van der Waals surface area contributed by atoms with Crippen LogP contribution >= 0.6 is 11.8 Å². The van der Waals surface area contributed by atoms with Gasteiger partial charge >= 0.3 is 5.97 Å². The minimum Gasteiger partial charge on any atom is -0.468 e. The molecule has 1 aromatic carbocycles. The molecule has 6 nitrogen and oxygen atoms in total. The molecule has 2 rings (SSSR count). The molecule has 0 radical (unpaired) electrons. The van der Waals surface area contributed by atoms with Crippen LogP contribution in [0.3, 0.4) is 0 Å². The van der Waals surface area contributed by atoms with Crippen LogP contribution in [0.5, 0.6) is 0 Å². The van der Waals surface area contributed by atoms with Gasteiger partial charge < -0.3 is 4.74 Å². The first-order valence-corrected chi connectivity index (χ1v) is 6.69. The minimum atomic E-state index is -0.371. The third-order valence-electron chi connectivity index (χ3n) is 2.46. The molecule has 0 saturated heterocycles. The number of hydrogen-bond acceptors (Lipinski definition) is 6. The number of benzene rings is 1. The maximum absolute atomic E-state index is 11.2. The number of carbonyl (C=O) groups is 1. The van der Waals surface area contributed by atoms with Gasteiger partial charge in [-0.1, -0.05) is 41.6 Å². The lowest BCUT2D eigenvalue weighted by Crippen LogP contribution is -2.13. The van der Waals surface area contributed by atoms with Gasteiger partial charge in [0.05, 0.1) is 7.11 Å². The Morgan fingerprint density at radius 3 is 3.05 bits per heavy atom. The Labute approximate surface area is 115 Å². The fourth-order valence-corrected chi connectivity index (χ4v) is 2.36. The van der Waals surface area contributed by atoms with Gasteiger partial charge in [-0.15, -0.1) is 5.10 Å². The van der Waals surface area contributed by atoms with Crippen molar-refractivity contribution in [1.82, 2.24) is 20.2 Å². The summed E-state index contributed by atoms with van der Waals surface area (Å²) in [6.45, 7) is 2.08. The van der Waals surface area contributed by atoms with Crippen molar-refractivity contribution in [2.75, 3.05) is 7.11 Å². The van der Waals surface area contributed by atoms with E-state index in [-0.39, 0.29) is 12.5 Å². The standard InChI is InChI=1S/C12H14N4O2S/c1-9-4-3-5-10(6-9)8-19-12-13-14-15-16(12)7-11(17)18-2/h3-6H,7-8H2,1-2H3. The van der Waals surface area contributed by atoms with Gasteiger partial charge in [0, 0.05) is 5.75 Å². The van der Waals surface area contributed by atoms with Crippen LogP contribution in [0.25, 0.3) is 0 Å². The molecule has 19 heavy (non-hydrogen) atoms. The Hall–Kier alpha value is -1.89. The Morgan fingerprint density at radius 2 is 2.32 bits per heavy atom. The van der Waals surface area contributed by atoms with Crippen molar-refractivity contribution in [3.63, 3.8) is 0 Å². The van der Waals surface area contributed by atoms with Crippen molar-refractivity contribution in [2.45, 2.75) is 24.4 Å². The van der Waals surface area contributed by atoms with Crippen molar-refractivity contribution >= 4 is 17.7 Å². The normalized spacial score (nSPS) is 10.4. The molecule has 0 saturated carbocycles. The minimum absolute atomic E-state index is 0.0274. The number of aryl methyl sites for hydroxylation is 1. The van der Waals surface area contributed by atoms with E-state index in [0.29, 0.717) is 5.16 Å². The van der Waals surface area contributed by atoms with E-state index in [1.807, 2.05) is 6.07 Å². The Bertz CT molecular complexity index is 570. The molecule has 0 N–H and O–H groups in total. The number of esters is 1. The summed E-state index contributed by atoms with van der Waals surface area (Å²) in [5.74, 6) is 0.383. The molecule has 2 aromatic rings. The van der Waals surface area contributed by atoms with Crippen molar-refractivity contribution in [3.05, 3.63) is 35.4 Å². The zero-order valence-electron chi connectivity index (χ0n) is 10.7. The SMILES string of the molecule is COC(=O)Cn1nnnc1SCc1cccc(C)c1. The Morgan fingerprint density at radius 1 is 1.47 bits per heavy atom. The highest BCUT2D eigenvalue weighted by molar-refractivity contribution is 7.98. The summed E-state index contributed by atoms with van der Waals surface area (Å²) in [4.78, 5) is 11.2. The van der Waals surface area contributed by atoms with Gasteiger partial charge in [-0.3, -0.25) is 4.79 Å². The number of aromatic nitrogens is 4. The van der Waals surface area contributed by atoms with E-state index in [0.717, 1.165) is 5.75 Å². The van der Waals surface area contributed by atoms with Crippen LogP contribution in [0, 0.1) is 6.92 Å². The largest absolute Gasteiger partial charge is 0.468 e. The van der Waals surface area contributed by atoms with Crippen LogP contribution in [0.2, 0.25) is 0 Å². The highest BCUT2D eigenvalue weighted by Crippen LogP contribution is 2.20. The Balaban J connectivity index is 2.00. The fraction of sp³-hybridized carbons (Fsp3) is 0.333.